The second-order valence-corrected chi connectivity index (χ2v) is 4.20. The summed E-state index contributed by atoms with van der Waals surface area (Å²) in [4.78, 5) is 32.4. The van der Waals surface area contributed by atoms with Crippen molar-refractivity contribution in [2.45, 2.75) is 6.61 Å². The molecule has 0 bridgehead atoms. The maximum absolute atomic E-state index is 11.1. The Morgan fingerprint density at radius 3 is 2.59 bits per heavy atom. The summed E-state index contributed by atoms with van der Waals surface area (Å²) in [6.45, 7) is -0.682. The number of aliphatic carboxylic acids is 1. The van der Waals surface area contributed by atoms with Gasteiger partial charge in [0.05, 0.1) is 0 Å². The fourth-order valence-electron chi connectivity index (χ4n) is 0.957. The van der Waals surface area contributed by atoms with Gasteiger partial charge in [0.15, 0.2) is 6.54 Å². The predicted octanol–water partition coefficient (Wildman–Crippen LogP) is 1.35. The van der Waals surface area contributed by atoms with Crippen LogP contribution in [0.15, 0.2) is 35.1 Å². The highest BCUT2D eigenvalue weighted by atomic mass is 31.1. The number of benzene rings is 1. The van der Waals surface area contributed by atoms with E-state index in [0.29, 0.717) is 0 Å². The Hall–Kier alpha value is -1.78. The molecule has 0 amide bonds. The van der Waals surface area contributed by atoms with E-state index in [9.17, 15) is 14.5 Å². The molecule has 0 heterocycles. The molecule has 1 unspecified atom stereocenters. The average molecular weight is 255 g/mol. The summed E-state index contributed by atoms with van der Waals surface area (Å²) in [6, 6.07) is 8.85. The Kier molecular flexibility index (Phi) is 5.26. The fraction of sp³-hybridized carbons (Fsp3) is 0.200. The number of carbonyl (C=O) groups excluding carboxylic acids is 1. The average Bonchev–Trinajstić information content (AvgIpc) is 2.34. The van der Waals surface area contributed by atoms with Crippen molar-refractivity contribution >= 4 is 19.6 Å². The number of ether oxygens (including phenoxy) is 1. The summed E-state index contributed by atoms with van der Waals surface area (Å²) in [6.07, 6.45) is 0. The van der Waals surface area contributed by atoms with E-state index >= 15 is 0 Å². The topological polar surface area (TPSA) is 99.0 Å². The summed E-state index contributed by atoms with van der Waals surface area (Å²) in [5.41, 5.74) is -0.257. The Balaban J connectivity index is 2.44. The van der Waals surface area contributed by atoms with Gasteiger partial charge in [0.1, 0.15) is 6.61 Å². The second kappa shape index (κ2) is 6.73. The zero-order valence-corrected chi connectivity index (χ0v) is 9.67. The van der Waals surface area contributed by atoms with Crippen LogP contribution in [-0.4, -0.2) is 23.3 Å². The molecule has 17 heavy (non-hydrogen) atoms. The van der Waals surface area contributed by atoms with Crippen molar-refractivity contribution in [2.75, 3.05) is 6.54 Å². The van der Waals surface area contributed by atoms with Crippen molar-refractivity contribution in [2.24, 2.45) is 4.74 Å². The maximum atomic E-state index is 11.1. The number of carboxylic acid groups (broad SMARTS) is 1. The standard InChI is InChI=1S/C10H10NO5P/c12-9(13)6-11-17(15)10(14)16-7-8-4-2-1-3-5-8/h1-5H,6-7H2,(H,12,13). The minimum Gasteiger partial charge on any atom is -0.602 e. The van der Waals surface area contributed by atoms with Crippen LogP contribution in [0.4, 0.5) is 4.79 Å². The van der Waals surface area contributed by atoms with E-state index in [0.717, 1.165) is 5.56 Å². The highest BCUT2D eigenvalue weighted by Crippen LogP contribution is 2.18. The first-order valence-electron chi connectivity index (χ1n) is 4.66. The molecule has 1 rings (SSSR count). The molecule has 0 saturated heterocycles. The number of hydrogen-bond donors (Lipinski definition) is 1. The molecule has 0 aliphatic rings. The molecule has 0 radical (unpaired) electrons. The minimum atomic E-state index is -2.64. The van der Waals surface area contributed by atoms with Crippen LogP contribution >= 0.6 is 7.94 Å². The van der Waals surface area contributed by atoms with E-state index in [1.807, 2.05) is 6.07 Å². The van der Waals surface area contributed by atoms with Gasteiger partial charge in [-0.25, -0.2) is 0 Å². The summed E-state index contributed by atoms with van der Waals surface area (Å²) < 4.78 is 7.88. The summed E-state index contributed by atoms with van der Waals surface area (Å²) in [5, 5.41) is 8.28. The SMILES string of the molecule is O=C(O)CN=[P+]([O-])C(=O)OCc1ccccc1. The van der Waals surface area contributed by atoms with E-state index in [4.69, 9.17) is 9.84 Å². The highest BCUT2D eigenvalue weighted by molar-refractivity contribution is 7.58. The van der Waals surface area contributed by atoms with Crippen LogP contribution in [0.2, 0.25) is 0 Å². The van der Waals surface area contributed by atoms with Crippen LogP contribution < -0.4 is 4.89 Å². The lowest BCUT2D eigenvalue weighted by Crippen LogP contribution is -2.06. The third kappa shape index (κ3) is 5.19. The van der Waals surface area contributed by atoms with Gasteiger partial charge in [0.2, 0.25) is 0 Å². The molecule has 90 valence electrons. The number of hydrogen-bond acceptors (Lipinski definition) is 5. The molecule has 0 saturated carbocycles. The molecule has 7 heteroatoms. The Morgan fingerprint density at radius 1 is 1.35 bits per heavy atom. The summed E-state index contributed by atoms with van der Waals surface area (Å²) in [5.74, 6) is -1.25. The van der Waals surface area contributed by atoms with Crippen molar-refractivity contribution in [3.05, 3.63) is 35.9 Å². The quantitative estimate of drug-likeness (QED) is 0.800. The van der Waals surface area contributed by atoms with Gasteiger partial charge in [-0.15, -0.1) is 0 Å². The van der Waals surface area contributed by atoms with Gasteiger partial charge in [-0.2, -0.15) is 4.79 Å². The first-order chi connectivity index (χ1) is 8.09. The fourth-order valence-corrected chi connectivity index (χ4v) is 1.50. The number of rotatable bonds is 5. The van der Waals surface area contributed by atoms with Crippen molar-refractivity contribution < 1.29 is 24.3 Å². The lowest BCUT2D eigenvalue weighted by Gasteiger charge is -2.00. The number of carbonyl (C=O) groups is 2. The molecular weight excluding hydrogens is 245 g/mol. The molecule has 0 aromatic heterocycles. The molecule has 0 aliphatic carbocycles. The third-order valence-electron chi connectivity index (χ3n) is 1.70. The number of carboxylic acids is 1. The monoisotopic (exact) mass is 255 g/mol. The van der Waals surface area contributed by atoms with Crippen LogP contribution in [0, 0.1) is 0 Å². The van der Waals surface area contributed by atoms with Gasteiger partial charge in [-0.3, -0.25) is 4.79 Å². The molecule has 0 fully saturated rings. The van der Waals surface area contributed by atoms with E-state index in [1.54, 1.807) is 24.3 Å². The van der Waals surface area contributed by atoms with Crippen LogP contribution in [0.25, 0.3) is 0 Å². The van der Waals surface area contributed by atoms with E-state index in [1.165, 1.54) is 0 Å². The normalized spacial score (nSPS) is 11.0. The predicted molar refractivity (Wildman–Crippen MR) is 58.5 cm³/mol. The smallest absolute Gasteiger partial charge is 0.530 e. The third-order valence-corrected chi connectivity index (χ3v) is 2.54. The first-order valence-corrected chi connectivity index (χ1v) is 5.88. The minimum absolute atomic E-state index is 0.0106. The number of nitrogens with zero attached hydrogens (tertiary/aromatic N) is 1. The van der Waals surface area contributed by atoms with Crippen LogP contribution in [0.1, 0.15) is 5.56 Å². The molecule has 1 aromatic rings. The molecular formula is C10H10NO5P. The van der Waals surface area contributed by atoms with Crippen molar-refractivity contribution in [1.29, 1.82) is 0 Å². The van der Waals surface area contributed by atoms with Crippen LogP contribution in [-0.2, 0) is 16.1 Å². The maximum Gasteiger partial charge on any atom is 0.530 e. The first kappa shape index (κ1) is 13.3. The molecule has 1 atom stereocenters. The molecule has 1 aromatic carbocycles. The van der Waals surface area contributed by atoms with Gasteiger partial charge < -0.3 is 14.7 Å². The van der Waals surface area contributed by atoms with Gasteiger partial charge in [0, 0.05) is 0 Å². The summed E-state index contributed by atoms with van der Waals surface area (Å²) >= 11 is 0. The zero-order valence-electron chi connectivity index (χ0n) is 8.78. The highest BCUT2D eigenvalue weighted by Gasteiger charge is 2.17. The van der Waals surface area contributed by atoms with Crippen molar-refractivity contribution in [1.82, 2.24) is 0 Å². The molecule has 0 aliphatic heterocycles. The van der Waals surface area contributed by atoms with Gasteiger partial charge >= 0.3 is 11.7 Å². The lowest BCUT2D eigenvalue weighted by molar-refractivity contribution is -0.154. The van der Waals surface area contributed by atoms with Crippen LogP contribution in [0.5, 0.6) is 0 Å². The summed E-state index contributed by atoms with van der Waals surface area (Å²) in [7, 11) is -2.64. The molecule has 1 N–H and O–H groups in total. The van der Waals surface area contributed by atoms with Crippen molar-refractivity contribution in [3.63, 3.8) is 0 Å². The van der Waals surface area contributed by atoms with Gasteiger partial charge in [0.25, 0.3) is 7.94 Å². The van der Waals surface area contributed by atoms with Crippen molar-refractivity contribution in [3.8, 4) is 0 Å². The Morgan fingerprint density at radius 2 is 2.00 bits per heavy atom. The van der Waals surface area contributed by atoms with Crippen LogP contribution in [0.3, 0.4) is 0 Å². The molecule has 0 spiro atoms. The Bertz CT molecular complexity index is 432. The second-order valence-electron chi connectivity index (χ2n) is 3.01. The van der Waals surface area contributed by atoms with E-state index in [-0.39, 0.29) is 6.61 Å². The molecule has 6 nitrogen and oxygen atoms in total. The largest absolute Gasteiger partial charge is 0.602 e. The van der Waals surface area contributed by atoms with E-state index < -0.39 is 26.2 Å². The lowest BCUT2D eigenvalue weighted by atomic mass is 10.2. The Labute approximate surface area is 98.4 Å². The van der Waals surface area contributed by atoms with E-state index in [2.05, 4.69) is 4.74 Å². The zero-order chi connectivity index (χ0) is 12.7. The van der Waals surface area contributed by atoms with Gasteiger partial charge in [-0.05, 0) is 5.56 Å². The van der Waals surface area contributed by atoms with Gasteiger partial charge in [-0.1, -0.05) is 35.1 Å².